The van der Waals surface area contributed by atoms with Crippen molar-refractivity contribution in [2.75, 3.05) is 0 Å². The molecule has 0 amide bonds. The van der Waals surface area contributed by atoms with E-state index in [0.717, 1.165) is 37.8 Å². The summed E-state index contributed by atoms with van der Waals surface area (Å²) >= 11 is 0. The molecule has 5 heteroatoms. The lowest BCUT2D eigenvalue weighted by Crippen LogP contribution is -2.25. The number of benzene rings is 1. The molecule has 0 heterocycles. The molecular formula is C16H18F3NO. The third-order valence-corrected chi connectivity index (χ3v) is 4.03. The standard InChI is InChI=1S/C16H18F3NO/c1-2-11-4-3-5-14(8-11)21-15-7-6-13(16(17,18)19)9-12(15)10-20/h6-7,9,11,14H,2-5,8H2,1H3. The highest BCUT2D eigenvalue weighted by atomic mass is 19.4. The van der Waals surface area contributed by atoms with E-state index in [4.69, 9.17) is 10.00 Å². The molecule has 0 bridgehead atoms. The summed E-state index contributed by atoms with van der Waals surface area (Å²) < 4.78 is 43.7. The molecule has 1 saturated carbocycles. The van der Waals surface area contributed by atoms with Gasteiger partial charge < -0.3 is 4.74 Å². The number of nitrogens with zero attached hydrogens (tertiary/aromatic N) is 1. The van der Waals surface area contributed by atoms with E-state index in [0.29, 0.717) is 5.92 Å². The summed E-state index contributed by atoms with van der Waals surface area (Å²) in [6.07, 6.45) is 0.665. The average Bonchev–Trinajstić information content (AvgIpc) is 2.46. The highest BCUT2D eigenvalue weighted by molar-refractivity contribution is 5.46. The third-order valence-electron chi connectivity index (χ3n) is 4.03. The normalized spacial score (nSPS) is 22.6. The molecule has 2 unspecified atom stereocenters. The minimum Gasteiger partial charge on any atom is -0.489 e. The van der Waals surface area contributed by atoms with Crippen LogP contribution in [0.2, 0.25) is 0 Å². The van der Waals surface area contributed by atoms with Crippen molar-refractivity contribution in [3.05, 3.63) is 29.3 Å². The molecule has 0 radical (unpaired) electrons. The molecule has 1 aliphatic rings. The van der Waals surface area contributed by atoms with E-state index in [2.05, 4.69) is 6.92 Å². The molecule has 1 aliphatic carbocycles. The Hall–Kier alpha value is -1.70. The number of hydrogen-bond donors (Lipinski definition) is 0. The van der Waals surface area contributed by atoms with Crippen LogP contribution in [0.5, 0.6) is 5.75 Å². The first kappa shape index (κ1) is 15.7. The van der Waals surface area contributed by atoms with Crippen molar-refractivity contribution in [2.45, 2.75) is 51.3 Å². The van der Waals surface area contributed by atoms with Gasteiger partial charge in [-0.2, -0.15) is 18.4 Å². The Morgan fingerprint density at radius 1 is 1.33 bits per heavy atom. The fourth-order valence-corrected chi connectivity index (χ4v) is 2.80. The predicted octanol–water partition coefficient (Wildman–Crippen LogP) is 4.92. The van der Waals surface area contributed by atoms with Crippen LogP contribution in [-0.4, -0.2) is 6.10 Å². The van der Waals surface area contributed by atoms with Gasteiger partial charge in [0.05, 0.1) is 17.2 Å². The maximum absolute atomic E-state index is 12.6. The Balaban J connectivity index is 2.15. The fourth-order valence-electron chi connectivity index (χ4n) is 2.80. The SMILES string of the molecule is CCC1CCCC(Oc2ccc(C(F)(F)F)cc2C#N)C1. The van der Waals surface area contributed by atoms with Crippen LogP contribution in [0.3, 0.4) is 0 Å². The van der Waals surface area contributed by atoms with Gasteiger partial charge in [0, 0.05) is 0 Å². The third kappa shape index (κ3) is 3.90. The van der Waals surface area contributed by atoms with Crippen LogP contribution >= 0.6 is 0 Å². The number of ether oxygens (including phenoxy) is 1. The first-order valence-electron chi connectivity index (χ1n) is 7.22. The molecular weight excluding hydrogens is 279 g/mol. The van der Waals surface area contributed by atoms with Gasteiger partial charge in [0.15, 0.2) is 0 Å². The van der Waals surface area contributed by atoms with Gasteiger partial charge in [-0.15, -0.1) is 0 Å². The number of alkyl halides is 3. The van der Waals surface area contributed by atoms with E-state index in [1.807, 2.05) is 0 Å². The van der Waals surface area contributed by atoms with Crippen LogP contribution in [0.25, 0.3) is 0 Å². The molecule has 114 valence electrons. The van der Waals surface area contributed by atoms with Gasteiger partial charge in [0.1, 0.15) is 11.8 Å². The van der Waals surface area contributed by atoms with E-state index in [9.17, 15) is 13.2 Å². The lowest BCUT2D eigenvalue weighted by Gasteiger charge is -2.29. The number of nitriles is 1. The Labute approximate surface area is 122 Å². The molecule has 2 atom stereocenters. The second kappa shape index (κ2) is 6.38. The predicted molar refractivity (Wildman–Crippen MR) is 72.8 cm³/mol. The lowest BCUT2D eigenvalue weighted by molar-refractivity contribution is -0.137. The monoisotopic (exact) mass is 297 g/mol. The minimum absolute atomic E-state index is 0.00691. The zero-order chi connectivity index (χ0) is 15.5. The van der Waals surface area contributed by atoms with Gasteiger partial charge in [-0.05, 0) is 43.4 Å². The summed E-state index contributed by atoms with van der Waals surface area (Å²) in [6.45, 7) is 2.13. The first-order valence-corrected chi connectivity index (χ1v) is 7.22. The fraction of sp³-hybridized carbons (Fsp3) is 0.562. The molecule has 21 heavy (non-hydrogen) atoms. The van der Waals surface area contributed by atoms with Crippen LogP contribution < -0.4 is 4.74 Å². The summed E-state index contributed by atoms with van der Waals surface area (Å²) in [5.74, 6) is 0.857. The maximum atomic E-state index is 12.6. The second-order valence-electron chi connectivity index (χ2n) is 5.50. The zero-order valence-electron chi connectivity index (χ0n) is 11.9. The molecule has 0 N–H and O–H groups in total. The molecule has 2 nitrogen and oxygen atoms in total. The minimum atomic E-state index is -4.44. The summed E-state index contributed by atoms with van der Waals surface area (Å²) in [5.41, 5.74) is -0.870. The van der Waals surface area contributed by atoms with E-state index >= 15 is 0 Å². The summed E-state index contributed by atoms with van der Waals surface area (Å²) in [7, 11) is 0. The Morgan fingerprint density at radius 2 is 2.10 bits per heavy atom. The van der Waals surface area contributed by atoms with Gasteiger partial charge in [0.25, 0.3) is 0 Å². The summed E-state index contributed by atoms with van der Waals surface area (Å²) in [6, 6.07) is 4.88. The highest BCUT2D eigenvalue weighted by Gasteiger charge is 2.31. The van der Waals surface area contributed by atoms with E-state index in [1.54, 1.807) is 6.07 Å². The van der Waals surface area contributed by atoms with Gasteiger partial charge >= 0.3 is 6.18 Å². The first-order chi connectivity index (χ1) is 9.94. The van der Waals surface area contributed by atoms with Crippen molar-refractivity contribution in [3.8, 4) is 11.8 Å². The van der Waals surface area contributed by atoms with Gasteiger partial charge in [-0.25, -0.2) is 0 Å². The molecule has 1 aromatic rings. The van der Waals surface area contributed by atoms with Crippen LogP contribution in [-0.2, 0) is 6.18 Å². The topological polar surface area (TPSA) is 33.0 Å². The van der Waals surface area contributed by atoms with Crippen molar-refractivity contribution in [1.82, 2.24) is 0 Å². The van der Waals surface area contributed by atoms with Crippen LogP contribution in [0.4, 0.5) is 13.2 Å². The zero-order valence-corrected chi connectivity index (χ0v) is 11.9. The Morgan fingerprint density at radius 3 is 2.71 bits per heavy atom. The maximum Gasteiger partial charge on any atom is 0.416 e. The van der Waals surface area contributed by atoms with Crippen LogP contribution in [0.1, 0.15) is 50.2 Å². The van der Waals surface area contributed by atoms with Crippen molar-refractivity contribution in [2.24, 2.45) is 5.92 Å². The average molecular weight is 297 g/mol. The van der Waals surface area contributed by atoms with Crippen LogP contribution in [0, 0.1) is 17.2 Å². The van der Waals surface area contributed by atoms with Crippen molar-refractivity contribution >= 4 is 0 Å². The molecule has 1 fully saturated rings. The van der Waals surface area contributed by atoms with Crippen molar-refractivity contribution < 1.29 is 17.9 Å². The number of rotatable bonds is 3. The Bertz CT molecular complexity index is 533. The summed E-state index contributed by atoms with van der Waals surface area (Å²) in [5, 5.41) is 9.04. The molecule has 0 spiro atoms. The van der Waals surface area contributed by atoms with Crippen LogP contribution in [0.15, 0.2) is 18.2 Å². The second-order valence-corrected chi connectivity index (χ2v) is 5.50. The number of halogens is 3. The van der Waals surface area contributed by atoms with E-state index in [1.165, 1.54) is 12.5 Å². The highest BCUT2D eigenvalue weighted by Crippen LogP contribution is 2.34. The molecule has 0 aromatic heterocycles. The van der Waals surface area contributed by atoms with E-state index in [-0.39, 0.29) is 17.4 Å². The Kier molecular flexibility index (Phi) is 4.76. The molecule has 0 aliphatic heterocycles. The molecule has 2 rings (SSSR count). The largest absolute Gasteiger partial charge is 0.489 e. The number of hydrogen-bond acceptors (Lipinski definition) is 2. The summed E-state index contributed by atoms with van der Waals surface area (Å²) in [4.78, 5) is 0. The van der Waals surface area contributed by atoms with Gasteiger partial charge in [-0.1, -0.05) is 19.8 Å². The van der Waals surface area contributed by atoms with Gasteiger partial charge in [-0.3, -0.25) is 0 Å². The lowest BCUT2D eigenvalue weighted by atomic mass is 9.85. The smallest absolute Gasteiger partial charge is 0.416 e. The van der Waals surface area contributed by atoms with Gasteiger partial charge in [0.2, 0.25) is 0 Å². The van der Waals surface area contributed by atoms with Crippen molar-refractivity contribution in [3.63, 3.8) is 0 Å². The molecule has 0 saturated heterocycles. The molecule has 1 aromatic carbocycles. The van der Waals surface area contributed by atoms with E-state index < -0.39 is 11.7 Å². The van der Waals surface area contributed by atoms with Crippen molar-refractivity contribution in [1.29, 1.82) is 5.26 Å². The quantitative estimate of drug-likeness (QED) is 0.793.